The van der Waals surface area contributed by atoms with Gasteiger partial charge in [0.2, 0.25) is 0 Å². The van der Waals surface area contributed by atoms with Crippen LogP contribution in [0.4, 0.5) is 4.79 Å². The molecule has 0 unspecified atom stereocenters. The van der Waals surface area contributed by atoms with E-state index in [1.165, 1.54) is 11.1 Å². The number of nitrogens with zero attached hydrogens (tertiary/aromatic N) is 2. The van der Waals surface area contributed by atoms with Crippen molar-refractivity contribution < 1.29 is 9.59 Å². The van der Waals surface area contributed by atoms with Gasteiger partial charge in [-0.3, -0.25) is 9.69 Å². The second-order valence-corrected chi connectivity index (χ2v) is 6.82. The summed E-state index contributed by atoms with van der Waals surface area (Å²) in [6.45, 7) is 9.47. The van der Waals surface area contributed by atoms with Crippen LogP contribution in [0.3, 0.4) is 0 Å². The molecule has 0 saturated carbocycles. The third kappa shape index (κ3) is 2.48. The molecular formula is C19H25N3O2. The minimum Gasteiger partial charge on any atom is -0.333 e. The van der Waals surface area contributed by atoms with Gasteiger partial charge in [-0.1, -0.05) is 19.1 Å². The van der Waals surface area contributed by atoms with Gasteiger partial charge < -0.3 is 10.2 Å². The van der Waals surface area contributed by atoms with Crippen molar-refractivity contribution in [3.05, 3.63) is 45.7 Å². The largest absolute Gasteiger partial charge is 0.333 e. The van der Waals surface area contributed by atoms with Gasteiger partial charge in [-0.15, -0.1) is 0 Å². The number of nitrogens with one attached hydrogen (secondary N) is 1. The Hall–Kier alpha value is -2.30. The van der Waals surface area contributed by atoms with Crippen molar-refractivity contribution in [3.8, 4) is 0 Å². The van der Waals surface area contributed by atoms with E-state index in [9.17, 15) is 9.59 Å². The maximum atomic E-state index is 12.9. The summed E-state index contributed by atoms with van der Waals surface area (Å²) in [4.78, 5) is 28.7. The van der Waals surface area contributed by atoms with Gasteiger partial charge in [0.15, 0.2) is 0 Å². The number of rotatable bonds is 3. The van der Waals surface area contributed by atoms with Gasteiger partial charge in [0, 0.05) is 13.6 Å². The number of benzene rings is 1. The van der Waals surface area contributed by atoms with Crippen LogP contribution < -0.4 is 5.32 Å². The smallest absolute Gasteiger partial charge is 0.322 e. The van der Waals surface area contributed by atoms with E-state index >= 15 is 0 Å². The summed E-state index contributed by atoms with van der Waals surface area (Å²) in [7, 11) is 1.73. The molecule has 0 saturated heterocycles. The Morgan fingerprint density at radius 2 is 1.79 bits per heavy atom. The van der Waals surface area contributed by atoms with Crippen LogP contribution in [0.2, 0.25) is 0 Å². The molecular weight excluding hydrogens is 302 g/mol. The number of carbonyl (C=O) groups excluding carboxylic acids is 2. The minimum atomic E-state index is -0.364. The Morgan fingerprint density at radius 3 is 2.46 bits per heavy atom. The predicted molar refractivity (Wildman–Crippen MR) is 93.6 cm³/mol. The molecule has 2 aliphatic heterocycles. The number of hydrogen-bond acceptors (Lipinski definition) is 2. The van der Waals surface area contributed by atoms with E-state index in [2.05, 4.69) is 38.2 Å². The molecule has 0 aliphatic carbocycles. The lowest BCUT2D eigenvalue weighted by Gasteiger charge is -2.32. The first-order valence-electron chi connectivity index (χ1n) is 8.49. The quantitative estimate of drug-likeness (QED) is 0.928. The molecule has 5 nitrogen and oxygen atoms in total. The van der Waals surface area contributed by atoms with Crippen LogP contribution in [0, 0.1) is 20.8 Å². The highest BCUT2D eigenvalue weighted by Crippen LogP contribution is 2.37. The molecule has 1 atom stereocenters. The van der Waals surface area contributed by atoms with E-state index in [1.54, 1.807) is 11.9 Å². The molecule has 128 valence electrons. The lowest BCUT2D eigenvalue weighted by atomic mass is 9.90. The number of aryl methyl sites for hydroxylation is 3. The molecule has 0 fully saturated rings. The van der Waals surface area contributed by atoms with Gasteiger partial charge in [-0.25, -0.2) is 4.79 Å². The summed E-state index contributed by atoms with van der Waals surface area (Å²) in [5.74, 6) is 0.0429. The maximum Gasteiger partial charge on any atom is 0.322 e. The van der Waals surface area contributed by atoms with Gasteiger partial charge in [0.05, 0.1) is 23.9 Å². The molecule has 3 rings (SSSR count). The van der Waals surface area contributed by atoms with Crippen LogP contribution in [0.25, 0.3) is 0 Å². The summed E-state index contributed by atoms with van der Waals surface area (Å²) >= 11 is 0. The van der Waals surface area contributed by atoms with Gasteiger partial charge >= 0.3 is 6.03 Å². The van der Waals surface area contributed by atoms with Gasteiger partial charge in [0.1, 0.15) is 0 Å². The Labute approximate surface area is 143 Å². The van der Waals surface area contributed by atoms with Gasteiger partial charge in [-0.2, -0.15) is 0 Å². The van der Waals surface area contributed by atoms with Crippen LogP contribution in [0.5, 0.6) is 0 Å². The van der Waals surface area contributed by atoms with E-state index < -0.39 is 0 Å². The molecule has 24 heavy (non-hydrogen) atoms. The molecule has 0 radical (unpaired) electrons. The zero-order valence-electron chi connectivity index (χ0n) is 15.1. The Kier molecular flexibility index (Phi) is 4.11. The third-order valence-corrected chi connectivity index (χ3v) is 5.12. The fourth-order valence-corrected chi connectivity index (χ4v) is 3.60. The SMILES string of the molecule is CCCN1CC2=C(C1=O)[C@H](c1cc(C)c(C)cc1C)NC(=O)N2C. The number of hydrogen-bond donors (Lipinski definition) is 1. The zero-order chi connectivity index (χ0) is 17.6. The van der Waals surface area contributed by atoms with Crippen LogP contribution in [0.1, 0.15) is 41.6 Å². The van der Waals surface area contributed by atoms with Crippen LogP contribution in [0.15, 0.2) is 23.4 Å². The summed E-state index contributed by atoms with van der Waals surface area (Å²) in [5, 5.41) is 3.02. The average molecular weight is 327 g/mol. The normalized spacial score (nSPS) is 20.6. The minimum absolute atomic E-state index is 0.0429. The van der Waals surface area contributed by atoms with Crippen molar-refractivity contribution in [1.29, 1.82) is 0 Å². The monoisotopic (exact) mass is 327 g/mol. The molecule has 5 heteroatoms. The molecule has 3 amide bonds. The Morgan fingerprint density at radius 1 is 1.12 bits per heavy atom. The third-order valence-electron chi connectivity index (χ3n) is 5.12. The molecule has 0 aromatic heterocycles. The average Bonchev–Trinajstić information content (AvgIpc) is 2.85. The lowest BCUT2D eigenvalue weighted by Crippen LogP contribution is -2.45. The highest BCUT2D eigenvalue weighted by atomic mass is 16.2. The maximum absolute atomic E-state index is 12.9. The second kappa shape index (κ2) is 5.96. The number of amides is 3. The van der Waals surface area contributed by atoms with Gasteiger partial charge in [-0.05, 0) is 49.4 Å². The van der Waals surface area contributed by atoms with Crippen molar-refractivity contribution in [2.45, 2.75) is 40.2 Å². The van der Waals surface area contributed by atoms with Crippen molar-refractivity contribution >= 4 is 11.9 Å². The highest BCUT2D eigenvalue weighted by molar-refractivity contribution is 6.01. The van der Waals surface area contributed by atoms with Crippen molar-refractivity contribution in [1.82, 2.24) is 15.1 Å². The number of carbonyl (C=O) groups is 2. The standard InChI is InChI=1S/C19H25N3O2/c1-6-7-22-10-15-16(18(22)23)17(20-19(24)21(15)5)14-9-12(3)11(2)8-13(14)4/h8-9,17H,6-7,10H2,1-5H3,(H,20,24)/t17-/m0/s1. The second-order valence-electron chi connectivity index (χ2n) is 6.82. The predicted octanol–water partition coefficient (Wildman–Crippen LogP) is 2.81. The topological polar surface area (TPSA) is 52.7 Å². The first-order valence-corrected chi connectivity index (χ1v) is 8.49. The van der Waals surface area contributed by atoms with Crippen molar-refractivity contribution in [3.63, 3.8) is 0 Å². The first-order chi connectivity index (χ1) is 11.3. The Bertz CT molecular complexity index is 751. The van der Waals surface area contributed by atoms with E-state index in [4.69, 9.17) is 0 Å². The van der Waals surface area contributed by atoms with Crippen molar-refractivity contribution in [2.75, 3.05) is 20.1 Å². The molecule has 0 spiro atoms. The van der Waals surface area contributed by atoms with Crippen LogP contribution >= 0.6 is 0 Å². The molecule has 1 N–H and O–H groups in total. The molecule has 0 bridgehead atoms. The lowest BCUT2D eigenvalue weighted by molar-refractivity contribution is -0.125. The molecule has 1 aromatic carbocycles. The fraction of sp³-hybridized carbons (Fsp3) is 0.474. The molecule has 1 aromatic rings. The fourth-order valence-electron chi connectivity index (χ4n) is 3.60. The van der Waals surface area contributed by atoms with E-state index in [-0.39, 0.29) is 18.0 Å². The highest BCUT2D eigenvalue weighted by Gasteiger charge is 2.42. The van der Waals surface area contributed by atoms with E-state index in [0.717, 1.165) is 28.8 Å². The summed E-state index contributed by atoms with van der Waals surface area (Å²) in [6, 6.07) is 3.71. The Balaban J connectivity index is 2.10. The van der Waals surface area contributed by atoms with E-state index in [1.807, 2.05) is 11.8 Å². The zero-order valence-corrected chi connectivity index (χ0v) is 15.1. The summed E-state index contributed by atoms with van der Waals surface area (Å²) in [5.41, 5.74) is 6.05. The summed E-state index contributed by atoms with van der Waals surface area (Å²) < 4.78 is 0. The van der Waals surface area contributed by atoms with Gasteiger partial charge in [0.25, 0.3) is 5.91 Å². The van der Waals surface area contributed by atoms with E-state index in [0.29, 0.717) is 13.1 Å². The molecule has 2 aliphatic rings. The number of urea groups is 1. The van der Waals surface area contributed by atoms with Crippen molar-refractivity contribution in [2.24, 2.45) is 0 Å². The summed E-state index contributed by atoms with van der Waals surface area (Å²) in [6.07, 6.45) is 0.907. The van der Waals surface area contributed by atoms with Crippen LogP contribution in [-0.4, -0.2) is 41.9 Å². The number of likely N-dealkylation sites (N-methyl/N-ethyl adjacent to an activating group) is 1. The molecule has 2 heterocycles. The van der Waals surface area contributed by atoms with Crippen LogP contribution in [-0.2, 0) is 4.79 Å². The first kappa shape index (κ1) is 16.6.